The number of benzene rings is 2. The number of hydrogen-bond donors (Lipinski definition) is 1. The summed E-state index contributed by atoms with van der Waals surface area (Å²) in [5, 5.41) is 6.93. The van der Waals surface area contributed by atoms with Crippen molar-refractivity contribution in [3.63, 3.8) is 0 Å². The molecular weight excluding hydrogens is 430 g/mol. The summed E-state index contributed by atoms with van der Waals surface area (Å²) in [6.07, 6.45) is 1.70. The van der Waals surface area contributed by atoms with Crippen LogP contribution < -0.4 is 36.6 Å². The molecule has 0 saturated carbocycles. The number of halogens is 1. The lowest BCUT2D eigenvalue weighted by molar-refractivity contribution is -0.00000602. The Morgan fingerprint density at radius 2 is 1.70 bits per heavy atom. The first kappa shape index (κ1) is 20.7. The highest BCUT2D eigenvalue weighted by molar-refractivity contribution is 7.14. The Bertz CT molecular complexity index is 897. The summed E-state index contributed by atoms with van der Waals surface area (Å²) in [5.74, 6) is 2.16. The molecule has 1 heterocycles. The van der Waals surface area contributed by atoms with Gasteiger partial charge in [0.15, 0.2) is 11.5 Å². The number of aromatic nitrogens is 1. The third kappa shape index (κ3) is 5.21. The van der Waals surface area contributed by atoms with Gasteiger partial charge in [0.1, 0.15) is 5.75 Å². The van der Waals surface area contributed by atoms with E-state index in [0.29, 0.717) is 16.6 Å². The fraction of sp³-hybridized carbons (Fsp3) is 0.158. The highest BCUT2D eigenvalue weighted by Gasteiger charge is 2.05. The standard InChI is InChI=1S/C19H19N3O3S.BrH/c1-23-15-7-5-14(6-8-15)16-12-26-19(21-16)22-20-11-13-4-9-17(24-2)18(10-13)25-3;/h4-12H,1-3H3,(H,21,22);1H/p-1/b20-11+;. The van der Waals surface area contributed by atoms with Gasteiger partial charge in [-0.05, 0) is 48.0 Å². The summed E-state index contributed by atoms with van der Waals surface area (Å²) < 4.78 is 15.7. The van der Waals surface area contributed by atoms with Crippen LogP contribution in [0.3, 0.4) is 0 Å². The molecule has 0 bridgehead atoms. The molecule has 142 valence electrons. The minimum atomic E-state index is 0. The average molecular weight is 449 g/mol. The van der Waals surface area contributed by atoms with Crippen molar-refractivity contribution in [2.24, 2.45) is 5.10 Å². The predicted octanol–water partition coefficient (Wildman–Crippen LogP) is 1.29. The smallest absolute Gasteiger partial charge is 0.203 e. The first-order chi connectivity index (χ1) is 12.7. The predicted molar refractivity (Wildman–Crippen MR) is 105 cm³/mol. The molecule has 3 aromatic rings. The van der Waals surface area contributed by atoms with Gasteiger partial charge in [0.25, 0.3) is 0 Å². The lowest BCUT2D eigenvalue weighted by Gasteiger charge is -2.07. The Hall–Kier alpha value is -2.58. The van der Waals surface area contributed by atoms with Crippen molar-refractivity contribution >= 4 is 22.7 Å². The number of rotatable bonds is 7. The minimum Gasteiger partial charge on any atom is -1.00 e. The first-order valence-electron chi connectivity index (χ1n) is 7.84. The van der Waals surface area contributed by atoms with Crippen molar-refractivity contribution in [1.82, 2.24) is 4.98 Å². The van der Waals surface area contributed by atoms with Crippen LogP contribution in [0, 0.1) is 0 Å². The second-order valence-electron chi connectivity index (χ2n) is 5.25. The summed E-state index contributed by atoms with van der Waals surface area (Å²) in [6.45, 7) is 0. The summed E-state index contributed by atoms with van der Waals surface area (Å²) >= 11 is 1.49. The molecule has 1 N–H and O–H groups in total. The van der Waals surface area contributed by atoms with E-state index in [1.165, 1.54) is 11.3 Å². The number of ether oxygens (including phenoxy) is 3. The molecule has 0 unspecified atom stereocenters. The molecule has 0 fully saturated rings. The van der Waals surface area contributed by atoms with E-state index in [4.69, 9.17) is 14.2 Å². The fourth-order valence-electron chi connectivity index (χ4n) is 2.31. The maximum atomic E-state index is 5.28. The van der Waals surface area contributed by atoms with Gasteiger partial charge in [-0.2, -0.15) is 5.10 Å². The van der Waals surface area contributed by atoms with Crippen LogP contribution >= 0.6 is 11.3 Å². The van der Waals surface area contributed by atoms with E-state index in [1.54, 1.807) is 27.5 Å². The van der Waals surface area contributed by atoms with Crippen LogP contribution in [0.25, 0.3) is 11.3 Å². The Labute approximate surface area is 172 Å². The number of thiazole rings is 1. The normalized spacial score (nSPS) is 10.3. The quantitative estimate of drug-likeness (QED) is 0.435. The van der Waals surface area contributed by atoms with Gasteiger partial charge in [0.2, 0.25) is 5.13 Å². The highest BCUT2D eigenvalue weighted by Crippen LogP contribution is 2.28. The van der Waals surface area contributed by atoms with E-state index in [0.717, 1.165) is 22.6 Å². The van der Waals surface area contributed by atoms with Gasteiger partial charge >= 0.3 is 0 Å². The second kappa shape index (κ2) is 9.94. The van der Waals surface area contributed by atoms with Crippen molar-refractivity contribution < 1.29 is 31.2 Å². The van der Waals surface area contributed by atoms with Crippen LogP contribution in [-0.4, -0.2) is 32.5 Å². The van der Waals surface area contributed by atoms with Crippen molar-refractivity contribution in [3.05, 3.63) is 53.4 Å². The van der Waals surface area contributed by atoms with E-state index in [2.05, 4.69) is 15.5 Å². The Balaban J connectivity index is 0.00000261. The molecule has 6 nitrogen and oxygen atoms in total. The molecule has 0 saturated heterocycles. The zero-order chi connectivity index (χ0) is 18.4. The van der Waals surface area contributed by atoms with Gasteiger partial charge in [0, 0.05) is 10.9 Å². The third-order valence-electron chi connectivity index (χ3n) is 3.67. The van der Waals surface area contributed by atoms with Crippen molar-refractivity contribution in [2.45, 2.75) is 0 Å². The second-order valence-corrected chi connectivity index (χ2v) is 6.11. The monoisotopic (exact) mass is 448 g/mol. The fourth-order valence-corrected chi connectivity index (χ4v) is 2.98. The number of anilines is 1. The number of hydrazone groups is 1. The number of nitrogens with zero attached hydrogens (tertiary/aromatic N) is 2. The van der Waals surface area contributed by atoms with Gasteiger partial charge < -0.3 is 31.2 Å². The van der Waals surface area contributed by atoms with Crippen LogP contribution in [0.5, 0.6) is 17.2 Å². The third-order valence-corrected chi connectivity index (χ3v) is 4.42. The van der Waals surface area contributed by atoms with Gasteiger partial charge in [-0.15, -0.1) is 11.3 Å². The molecule has 0 atom stereocenters. The lowest BCUT2D eigenvalue weighted by atomic mass is 10.2. The zero-order valence-electron chi connectivity index (χ0n) is 15.1. The van der Waals surface area contributed by atoms with Gasteiger partial charge in [0.05, 0.1) is 33.2 Å². The molecule has 1 aromatic heterocycles. The van der Waals surface area contributed by atoms with Gasteiger partial charge in [-0.25, -0.2) is 4.98 Å². The summed E-state index contributed by atoms with van der Waals surface area (Å²) in [5.41, 5.74) is 5.76. The molecule has 0 spiro atoms. The van der Waals surface area contributed by atoms with E-state index in [-0.39, 0.29) is 17.0 Å². The van der Waals surface area contributed by atoms with Crippen molar-refractivity contribution in [3.8, 4) is 28.5 Å². The highest BCUT2D eigenvalue weighted by atomic mass is 79.9. The molecule has 0 amide bonds. The topological polar surface area (TPSA) is 65.0 Å². The Kier molecular flexibility index (Phi) is 7.63. The first-order valence-corrected chi connectivity index (χ1v) is 8.72. The molecular formula is C19H19BrN3O3S-. The largest absolute Gasteiger partial charge is 1.00 e. The molecule has 0 radical (unpaired) electrons. The average Bonchev–Trinajstić information content (AvgIpc) is 3.16. The minimum absolute atomic E-state index is 0. The lowest BCUT2D eigenvalue weighted by Crippen LogP contribution is -3.00. The van der Waals surface area contributed by atoms with Crippen LogP contribution in [0.15, 0.2) is 52.9 Å². The van der Waals surface area contributed by atoms with Gasteiger partial charge in [-0.3, -0.25) is 5.43 Å². The molecule has 3 rings (SSSR count). The molecule has 2 aromatic carbocycles. The maximum absolute atomic E-state index is 5.28. The SMILES string of the molecule is COc1ccc(-c2csc(N/N=C/c3ccc(OC)c(OC)c3)n2)cc1.[Br-]. The molecule has 8 heteroatoms. The van der Waals surface area contributed by atoms with Crippen LogP contribution in [0.4, 0.5) is 5.13 Å². The summed E-state index contributed by atoms with van der Waals surface area (Å²) in [7, 11) is 4.86. The number of hydrogen-bond acceptors (Lipinski definition) is 7. The molecule has 0 aliphatic heterocycles. The van der Waals surface area contributed by atoms with E-state index >= 15 is 0 Å². The van der Waals surface area contributed by atoms with E-state index in [9.17, 15) is 0 Å². The van der Waals surface area contributed by atoms with Gasteiger partial charge in [-0.1, -0.05) is 0 Å². The van der Waals surface area contributed by atoms with E-state index in [1.807, 2.05) is 47.8 Å². The zero-order valence-corrected chi connectivity index (χ0v) is 17.5. The van der Waals surface area contributed by atoms with Crippen LogP contribution in [0.2, 0.25) is 0 Å². The Morgan fingerprint density at radius 1 is 0.963 bits per heavy atom. The van der Waals surface area contributed by atoms with Crippen LogP contribution in [-0.2, 0) is 0 Å². The molecule has 27 heavy (non-hydrogen) atoms. The molecule has 0 aliphatic rings. The summed E-state index contributed by atoms with van der Waals surface area (Å²) in [4.78, 5) is 4.54. The number of nitrogens with one attached hydrogen (secondary N) is 1. The maximum Gasteiger partial charge on any atom is 0.203 e. The Morgan fingerprint density at radius 3 is 2.37 bits per heavy atom. The van der Waals surface area contributed by atoms with Crippen molar-refractivity contribution in [2.75, 3.05) is 26.8 Å². The molecule has 0 aliphatic carbocycles. The van der Waals surface area contributed by atoms with Crippen molar-refractivity contribution in [1.29, 1.82) is 0 Å². The number of methoxy groups -OCH3 is 3. The summed E-state index contributed by atoms with van der Waals surface area (Å²) in [6, 6.07) is 13.4. The van der Waals surface area contributed by atoms with E-state index < -0.39 is 0 Å². The van der Waals surface area contributed by atoms with Crippen LogP contribution in [0.1, 0.15) is 5.56 Å².